The van der Waals surface area contributed by atoms with E-state index in [1.54, 1.807) is 0 Å². The number of hydrogen-bond donors (Lipinski definition) is 1. The van der Waals surface area contributed by atoms with E-state index < -0.39 is 11.2 Å². The van der Waals surface area contributed by atoms with Gasteiger partial charge >= 0.3 is 5.97 Å². The second-order valence-electron chi connectivity index (χ2n) is 4.67. The van der Waals surface area contributed by atoms with Crippen molar-refractivity contribution in [3.05, 3.63) is 35.4 Å². The fourth-order valence-electron chi connectivity index (χ4n) is 2.25. The summed E-state index contributed by atoms with van der Waals surface area (Å²) in [4.78, 5) is 13.9. The number of aryl methyl sites for hydroxylation is 1. The molecule has 4 heteroatoms. The van der Waals surface area contributed by atoms with Gasteiger partial charge in [-0.2, -0.15) is 0 Å². The molecule has 1 N–H and O–H groups in total. The maximum absolute atomic E-state index is 11.5. The summed E-state index contributed by atoms with van der Waals surface area (Å²) in [7, 11) is 0. The Kier molecular flexibility index (Phi) is 7.70. The highest BCUT2D eigenvalue weighted by atomic mass is 32.2. The van der Waals surface area contributed by atoms with Gasteiger partial charge in [0, 0.05) is 12.3 Å². The molecule has 20 heavy (non-hydrogen) atoms. The number of rotatable bonds is 9. The largest absolute Gasteiger partial charge is 0.480 e. The van der Waals surface area contributed by atoms with Crippen LogP contribution < -0.4 is 0 Å². The predicted molar refractivity (Wildman–Crippen MR) is 86.4 cm³/mol. The molecule has 0 bridgehead atoms. The molecule has 1 aromatic rings. The quantitative estimate of drug-likeness (QED) is 0.757. The van der Waals surface area contributed by atoms with E-state index in [2.05, 4.69) is 25.7 Å². The van der Waals surface area contributed by atoms with Crippen molar-refractivity contribution in [2.75, 3.05) is 25.4 Å². The Hall–Kier alpha value is -1.00. The van der Waals surface area contributed by atoms with Crippen LogP contribution in [0, 0.1) is 0 Å². The molecule has 1 atom stereocenters. The van der Waals surface area contributed by atoms with Crippen LogP contribution in [0.5, 0.6) is 0 Å². The lowest BCUT2D eigenvalue weighted by Crippen LogP contribution is -2.26. The Morgan fingerprint density at radius 1 is 1.25 bits per heavy atom. The van der Waals surface area contributed by atoms with E-state index in [4.69, 9.17) is 0 Å². The van der Waals surface area contributed by atoms with Gasteiger partial charge in [0.15, 0.2) is 0 Å². The second kappa shape index (κ2) is 9.03. The molecular formula is C16H25NO2S. The van der Waals surface area contributed by atoms with Crippen molar-refractivity contribution in [2.45, 2.75) is 32.4 Å². The smallest absolute Gasteiger partial charge is 0.321 e. The number of aliphatic carboxylic acids is 1. The number of nitrogens with zero attached hydrogens (tertiary/aromatic N) is 1. The second-order valence-corrected chi connectivity index (χ2v) is 5.88. The lowest BCUT2D eigenvalue weighted by Gasteiger charge is -2.20. The predicted octanol–water partition coefficient (Wildman–Crippen LogP) is 3.45. The molecule has 1 rings (SSSR count). The summed E-state index contributed by atoms with van der Waals surface area (Å²) in [6, 6.07) is 7.87. The molecule has 0 spiro atoms. The zero-order valence-corrected chi connectivity index (χ0v) is 13.4. The van der Waals surface area contributed by atoms with E-state index in [9.17, 15) is 9.90 Å². The first-order chi connectivity index (χ1) is 9.63. The van der Waals surface area contributed by atoms with Gasteiger partial charge in [-0.3, -0.25) is 4.79 Å². The summed E-state index contributed by atoms with van der Waals surface area (Å²) < 4.78 is 0. The van der Waals surface area contributed by atoms with Crippen molar-refractivity contribution in [1.82, 2.24) is 4.90 Å². The molecule has 0 amide bonds. The highest BCUT2D eigenvalue weighted by molar-refractivity contribution is 8.00. The molecule has 0 aliphatic carbocycles. The van der Waals surface area contributed by atoms with Gasteiger partial charge in [-0.25, -0.2) is 0 Å². The first-order valence-electron chi connectivity index (χ1n) is 7.28. The molecule has 1 aromatic carbocycles. The van der Waals surface area contributed by atoms with Crippen LogP contribution in [0.2, 0.25) is 0 Å². The molecule has 0 saturated heterocycles. The van der Waals surface area contributed by atoms with Crippen molar-refractivity contribution < 1.29 is 9.90 Å². The van der Waals surface area contributed by atoms with Crippen molar-refractivity contribution in [2.24, 2.45) is 0 Å². The average Bonchev–Trinajstić information content (AvgIpc) is 2.47. The topological polar surface area (TPSA) is 40.5 Å². The van der Waals surface area contributed by atoms with E-state index in [0.717, 1.165) is 42.9 Å². The molecule has 0 heterocycles. The van der Waals surface area contributed by atoms with Gasteiger partial charge < -0.3 is 10.0 Å². The van der Waals surface area contributed by atoms with Crippen LogP contribution in [0.1, 0.15) is 37.1 Å². The van der Waals surface area contributed by atoms with Gasteiger partial charge in [-0.05, 0) is 30.6 Å². The summed E-state index contributed by atoms with van der Waals surface area (Å²) >= 11 is 1.53. The van der Waals surface area contributed by atoms with E-state index in [1.807, 2.05) is 24.3 Å². The minimum absolute atomic E-state index is 0.457. The fraction of sp³-hybridized carbons (Fsp3) is 0.562. The normalized spacial score (nSPS) is 12.6. The number of carboxylic acid groups (broad SMARTS) is 1. The van der Waals surface area contributed by atoms with Crippen LogP contribution in [0.3, 0.4) is 0 Å². The zero-order valence-electron chi connectivity index (χ0n) is 12.6. The Bertz CT molecular complexity index is 419. The molecule has 0 saturated carbocycles. The van der Waals surface area contributed by atoms with Crippen LogP contribution in [0.4, 0.5) is 0 Å². The maximum atomic E-state index is 11.5. The van der Waals surface area contributed by atoms with Gasteiger partial charge in [0.2, 0.25) is 0 Å². The van der Waals surface area contributed by atoms with E-state index in [1.165, 1.54) is 11.8 Å². The van der Waals surface area contributed by atoms with Gasteiger partial charge in [0.25, 0.3) is 0 Å². The summed E-state index contributed by atoms with van der Waals surface area (Å²) in [5.41, 5.74) is 2.09. The molecule has 0 aromatic heterocycles. The Balaban J connectivity index is 2.72. The van der Waals surface area contributed by atoms with Crippen LogP contribution in [0.25, 0.3) is 0 Å². The molecular weight excluding hydrogens is 270 g/mol. The monoisotopic (exact) mass is 295 g/mol. The molecule has 0 aliphatic rings. The Morgan fingerprint density at radius 3 is 2.45 bits per heavy atom. The molecule has 3 nitrogen and oxygen atoms in total. The molecule has 112 valence electrons. The number of benzene rings is 1. The molecule has 0 aliphatic heterocycles. The van der Waals surface area contributed by atoms with Gasteiger partial charge in [0.05, 0.1) is 0 Å². The fourth-order valence-corrected chi connectivity index (χ4v) is 3.40. The summed E-state index contributed by atoms with van der Waals surface area (Å²) in [6.45, 7) is 9.30. The minimum atomic E-state index is -0.740. The first-order valence-corrected chi connectivity index (χ1v) is 8.33. The molecule has 0 fully saturated rings. The van der Waals surface area contributed by atoms with E-state index in [0.29, 0.717) is 0 Å². The van der Waals surface area contributed by atoms with Crippen molar-refractivity contribution in [3.63, 3.8) is 0 Å². The molecule has 0 radical (unpaired) electrons. The summed E-state index contributed by atoms with van der Waals surface area (Å²) in [5.74, 6) is 0.104. The van der Waals surface area contributed by atoms with Crippen molar-refractivity contribution in [1.29, 1.82) is 0 Å². The Morgan fingerprint density at radius 2 is 1.90 bits per heavy atom. The third kappa shape index (κ3) is 4.84. The highest BCUT2D eigenvalue weighted by Gasteiger charge is 2.22. The van der Waals surface area contributed by atoms with Crippen molar-refractivity contribution >= 4 is 17.7 Å². The van der Waals surface area contributed by atoms with Gasteiger partial charge in [0.1, 0.15) is 5.25 Å². The third-order valence-electron chi connectivity index (χ3n) is 3.53. The van der Waals surface area contributed by atoms with Gasteiger partial charge in [-0.15, -0.1) is 11.8 Å². The Labute approximate surface area is 126 Å². The van der Waals surface area contributed by atoms with Crippen LogP contribution in [-0.2, 0) is 11.2 Å². The van der Waals surface area contributed by atoms with Gasteiger partial charge in [-0.1, -0.05) is 45.0 Å². The lowest BCUT2D eigenvalue weighted by atomic mass is 10.0. The van der Waals surface area contributed by atoms with Crippen LogP contribution in [0.15, 0.2) is 24.3 Å². The SMILES string of the molecule is CCc1ccccc1C(SCCN(CC)CC)C(=O)O. The van der Waals surface area contributed by atoms with E-state index >= 15 is 0 Å². The number of thioether (sulfide) groups is 1. The summed E-state index contributed by atoms with van der Waals surface area (Å²) in [5, 5.41) is 9.04. The minimum Gasteiger partial charge on any atom is -0.480 e. The lowest BCUT2D eigenvalue weighted by molar-refractivity contribution is -0.136. The number of carboxylic acids is 1. The standard InChI is InChI=1S/C16H25NO2S/c1-4-13-9-7-8-10-14(13)15(16(18)19)20-12-11-17(5-2)6-3/h7-10,15H,4-6,11-12H2,1-3H3,(H,18,19). The summed E-state index contributed by atoms with van der Waals surface area (Å²) in [6.07, 6.45) is 0.872. The number of hydrogen-bond acceptors (Lipinski definition) is 3. The highest BCUT2D eigenvalue weighted by Crippen LogP contribution is 2.31. The average molecular weight is 295 g/mol. The zero-order chi connectivity index (χ0) is 15.0. The number of carbonyl (C=O) groups is 1. The van der Waals surface area contributed by atoms with Crippen LogP contribution >= 0.6 is 11.8 Å². The third-order valence-corrected chi connectivity index (χ3v) is 4.74. The maximum Gasteiger partial charge on any atom is 0.321 e. The van der Waals surface area contributed by atoms with Crippen molar-refractivity contribution in [3.8, 4) is 0 Å². The van der Waals surface area contributed by atoms with E-state index in [-0.39, 0.29) is 0 Å². The van der Waals surface area contributed by atoms with Crippen LogP contribution in [-0.4, -0.2) is 41.4 Å². The first kappa shape index (κ1) is 17.1. The molecule has 1 unspecified atom stereocenters.